The fourth-order valence-electron chi connectivity index (χ4n) is 2.77. The Morgan fingerprint density at radius 2 is 1.94 bits per heavy atom. The molecule has 3 rings (SSSR count). The number of Topliss-reactive ketones (excluding diaryl/α,β-unsaturated/α-hetero) is 1. The van der Waals surface area contributed by atoms with E-state index in [1.807, 2.05) is 18.2 Å². The summed E-state index contributed by atoms with van der Waals surface area (Å²) in [6.45, 7) is 2.08. The average molecular weight is 228 g/mol. The summed E-state index contributed by atoms with van der Waals surface area (Å²) in [5.74, 6) is 1.22. The molecule has 0 spiro atoms. The smallest absolute Gasteiger partial charge is 0.162 e. The number of ether oxygens (including phenoxy) is 1. The lowest BCUT2D eigenvalue weighted by atomic mass is 9.87. The summed E-state index contributed by atoms with van der Waals surface area (Å²) >= 11 is 0. The minimum Gasteiger partial charge on any atom is -0.486 e. The van der Waals surface area contributed by atoms with Gasteiger partial charge >= 0.3 is 0 Å². The average Bonchev–Trinajstić information content (AvgIpc) is 2.70. The van der Waals surface area contributed by atoms with Crippen molar-refractivity contribution in [2.45, 2.75) is 38.2 Å². The molecule has 0 amide bonds. The lowest BCUT2D eigenvalue weighted by Crippen LogP contribution is -2.21. The topological polar surface area (TPSA) is 26.3 Å². The Bertz CT molecular complexity index is 487. The summed E-state index contributed by atoms with van der Waals surface area (Å²) in [5, 5.41) is 0. The molecule has 88 valence electrons. The van der Waals surface area contributed by atoms with Crippen LogP contribution in [-0.2, 0) is 15.1 Å². The van der Waals surface area contributed by atoms with Crippen LogP contribution in [0.5, 0.6) is 0 Å². The maximum Gasteiger partial charge on any atom is 0.162 e. The van der Waals surface area contributed by atoms with Gasteiger partial charge in [-0.3, -0.25) is 4.79 Å². The van der Waals surface area contributed by atoms with Crippen molar-refractivity contribution >= 4 is 5.78 Å². The van der Waals surface area contributed by atoms with E-state index >= 15 is 0 Å². The fraction of sp³-hybridized carbons (Fsp3) is 0.400. The Morgan fingerprint density at radius 3 is 2.65 bits per heavy atom. The van der Waals surface area contributed by atoms with Crippen LogP contribution in [0.25, 0.3) is 0 Å². The molecule has 0 saturated heterocycles. The highest BCUT2D eigenvalue weighted by molar-refractivity contribution is 5.97. The van der Waals surface area contributed by atoms with Crippen molar-refractivity contribution in [3.8, 4) is 0 Å². The van der Waals surface area contributed by atoms with E-state index in [2.05, 4.69) is 19.1 Å². The molecule has 1 aromatic rings. The highest BCUT2D eigenvalue weighted by Gasteiger charge is 2.41. The van der Waals surface area contributed by atoms with Crippen LogP contribution in [0, 0.1) is 0 Å². The van der Waals surface area contributed by atoms with Crippen molar-refractivity contribution in [2.75, 3.05) is 0 Å². The van der Waals surface area contributed by atoms with Crippen LogP contribution in [-0.4, -0.2) is 5.78 Å². The number of hydrogen-bond acceptors (Lipinski definition) is 2. The van der Waals surface area contributed by atoms with Gasteiger partial charge in [-0.05, 0) is 18.9 Å². The molecular formula is C15H16O2. The second-order valence-electron chi connectivity index (χ2n) is 5.05. The van der Waals surface area contributed by atoms with E-state index in [0.29, 0.717) is 6.42 Å². The van der Waals surface area contributed by atoms with E-state index in [1.54, 1.807) is 0 Å². The van der Waals surface area contributed by atoms with Crippen LogP contribution in [0.1, 0.15) is 38.2 Å². The first-order chi connectivity index (χ1) is 8.19. The van der Waals surface area contributed by atoms with Crippen LogP contribution in [0.4, 0.5) is 0 Å². The molecule has 1 aliphatic heterocycles. The third kappa shape index (κ3) is 1.68. The molecule has 1 heterocycles. The van der Waals surface area contributed by atoms with Gasteiger partial charge < -0.3 is 4.74 Å². The van der Waals surface area contributed by atoms with Crippen LogP contribution >= 0.6 is 0 Å². The molecule has 0 fully saturated rings. The number of hydrogen-bond donors (Lipinski definition) is 0. The van der Waals surface area contributed by atoms with Gasteiger partial charge in [0.15, 0.2) is 5.78 Å². The molecule has 1 unspecified atom stereocenters. The first-order valence-electron chi connectivity index (χ1n) is 6.19. The van der Waals surface area contributed by atoms with E-state index in [1.165, 1.54) is 0 Å². The van der Waals surface area contributed by atoms with Gasteiger partial charge in [-0.25, -0.2) is 0 Å². The zero-order valence-corrected chi connectivity index (χ0v) is 10.0. The predicted octanol–water partition coefficient (Wildman–Crippen LogP) is 3.33. The number of allylic oxidation sites excluding steroid dienone is 1. The molecule has 1 aliphatic carbocycles. The summed E-state index contributed by atoms with van der Waals surface area (Å²) in [4.78, 5) is 11.9. The predicted molar refractivity (Wildman–Crippen MR) is 65.4 cm³/mol. The molecule has 1 atom stereocenters. The molecule has 17 heavy (non-hydrogen) atoms. The van der Waals surface area contributed by atoms with E-state index in [4.69, 9.17) is 4.74 Å². The maximum atomic E-state index is 11.9. The molecule has 2 heteroatoms. The Kier molecular flexibility index (Phi) is 2.32. The lowest BCUT2D eigenvalue weighted by Gasteiger charge is -2.25. The molecule has 0 aromatic heterocycles. The highest BCUT2D eigenvalue weighted by Crippen LogP contribution is 2.45. The van der Waals surface area contributed by atoms with E-state index in [0.717, 1.165) is 36.2 Å². The maximum absolute atomic E-state index is 11.9. The molecule has 2 aliphatic rings. The fourth-order valence-corrected chi connectivity index (χ4v) is 2.77. The Balaban J connectivity index is 1.93. The second kappa shape index (κ2) is 3.73. The van der Waals surface area contributed by atoms with Crippen molar-refractivity contribution < 1.29 is 9.53 Å². The normalized spacial score (nSPS) is 27.9. The monoisotopic (exact) mass is 228 g/mol. The third-order valence-electron chi connectivity index (χ3n) is 3.73. The second-order valence-corrected chi connectivity index (χ2v) is 5.05. The number of rotatable bonds is 1. The van der Waals surface area contributed by atoms with Gasteiger partial charge in [0.25, 0.3) is 0 Å². The van der Waals surface area contributed by atoms with Crippen molar-refractivity contribution in [3.05, 3.63) is 47.2 Å². The SMILES string of the molecule is CC1(c2ccccc2)CC2=C(CCCC2=O)O1. The Labute approximate surface area is 101 Å². The zero-order valence-electron chi connectivity index (χ0n) is 10.0. The standard InChI is InChI=1S/C15H16O2/c1-15(11-6-3-2-4-7-11)10-12-13(16)8-5-9-14(12)17-15/h2-4,6-7H,5,8-10H2,1H3. The minimum absolute atomic E-state index is 0.283. The zero-order chi connectivity index (χ0) is 11.9. The van der Waals surface area contributed by atoms with Crippen LogP contribution in [0.3, 0.4) is 0 Å². The quantitative estimate of drug-likeness (QED) is 0.737. The van der Waals surface area contributed by atoms with Crippen molar-refractivity contribution in [2.24, 2.45) is 0 Å². The Hall–Kier alpha value is -1.57. The summed E-state index contributed by atoms with van der Waals surface area (Å²) in [6, 6.07) is 10.2. The summed E-state index contributed by atoms with van der Waals surface area (Å²) in [5.41, 5.74) is 1.75. The van der Waals surface area contributed by atoms with Crippen molar-refractivity contribution in [1.29, 1.82) is 0 Å². The number of benzene rings is 1. The van der Waals surface area contributed by atoms with E-state index in [-0.39, 0.29) is 11.4 Å². The summed E-state index contributed by atoms with van der Waals surface area (Å²) < 4.78 is 6.07. The lowest BCUT2D eigenvalue weighted by molar-refractivity contribution is -0.116. The molecule has 0 N–H and O–H groups in total. The van der Waals surface area contributed by atoms with Crippen molar-refractivity contribution in [1.82, 2.24) is 0 Å². The minimum atomic E-state index is -0.341. The number of carbonyl (C=O) groups excluding carboxylic acids is 1. The van der Waals surface area contributed by atoms with Crippen molar-refractivity contribution in [3.63, 3.8) is 0 Å². The van der Waals surface area contributed by atoms with Gasteiger partial charge in [0.2, 0.25) is 0 Å². The van der Waals surface area contributed by atoms with Gasteiger partial charge in [0, 0.05) is 24.8 Å². The molecule has 2 nitrogen and oxygen atoms in total. The van der Waals surface area contributed by atoms with Gasteiger partial charge in [-0.2, -0.15) is 0 Å². The van der Waals surface area contributed by atoms with Crippen LogP contribution in [0.15, 0.2) is 41.7 Å². The van der Waals surface area contributed by atoms with Gasteiger partial charge in [0.1, 0.15) is 11.4 Å². The number of ketones is 1. The first-order valence-corrected chi connectivity index (χ1v) is 6.19. The third-order valence-corrected chi connectivity index (χ3v) is 3.73. The molecule has 1 aromatic carbocycles. The van der Waals surface area contributed by atoms with Gasteiger partial charge in [0.05, 0.1) is 0 Å². The highest BCUT2D eigenvalue weighted by atomic mass is 16.5. The molecule has 0 bridgehead atoms. The summed E-state index contributed by atoms with van der Waals surface area (Å²) in [7, 11) is 0. The molecule has 0 saturated carbocycles. The van der Waals surface area contributed by atoms with Gasteiger partial charge in [-0.1, -0.05) is 30.3 Å². The number of carbonyl (C=O) groups is 1. The van der Waals surface area contributed by atoms with Crippen LogP contribution in [0.2, 0.25) is 0 Å². The van der Waals surface area contributed by atoms with E-state index in [9.17, 15) is 4.79 Å². The van der Waals surface area contributed by atoms with Crippen LogP contribution < -0.4 is 0 Å². The summed E-state index contributed by atoms with van der Waals surface area (Å²) in [6.07, 6.45) is 3.27. The first kappa shape index (κ1) is 10.6. The molecule has 0 radical (unpaired) electrons. The van der Waals surface area contributed by atoms with E-state index < -0.39 is 0 Å². The largest absolute Gasteiger partial charge is 0.486 e. The van der Waals surface area contributed by atoms with Gasteiger partial charge in [-0.15, -0.1) is 0 Å². The Morgan fingerprint density at radius 1 is 1.18 bits per heavy atom. The molecular weight excluding hydrogens is 212 g/mol.